The highest BCUT2D eigenvalue weighted by atomic mass is 16.1. The molecule has 0 unspecified atom stereocenters. The minimum atomic E-state index is -0.231. The van der Waals surface area contributed by atoms with Crippen LogP contribution in [-0.4, -0.2) is 20.9 Å². The van der Waals surface area contributed by atoms with Gasteiger partial charge in [0, 0.05) is 29.9 Å². The number of nitrogens with one attached hydrogen (secondary N) is 1. The first-order chi connectivity index (χ1) is 11.6. The van der Waals surface area contributed by atoms with Crippen LogP contribution in [0.5, 0.6) is 0 Å². The van der Waals surface area contributed by atoms with Gasteiger partial charge in [-0.2, -0.15) is 0 Å². The molecule has 0 saturated carbocycles. The number of rotatable bonds is 5. The van der Waals surface area contributed by atoms with Crippen LogP contribution < -0.4 is 5.32 Å². The number of pyridine rings is 1. The zero-order chi connectivity index (χ0) is 16.9. The van der Waals surface area contributed by atoms with E-state index in [1.54, 1.807) is 24.5 Å². The highest BCUT2D eigenvalue weighted by Gasteiger charge is 2.15. The predicted molar refractivity (Wildman–Crippen MR) is 94.9 cm³/mol. The Morgan fingerprint density at radius 3 is 2.58 bits per heavy atom. The van der Waals surface area contributed by atoms with E-state index in [1.807, 2.05) is 24.3 Å². The molecule has 122 valence electrons. The lowest BCUT2D eigenvalue weighted by Gasteiger charge is -2.10. The maximum atomic E-state index is 12.7. The Balaban J connectivity index is 1.96. The first-order valence-electron chi connectivity index (χ1n) is 8.10. The van der Waals surface area contributed by atoms with Crippen molar-refractivity contribution >= 4 is 22.5 Å². The van der Waals surface area contributed by atoms with Crippen LogP contribution in [0.15, 0.2) is 48.8 Å². The standard InChI is InChI=1S/C19H20N4O/c1-13(2)7-8-17-22-16-6-4-3-5-15(16)18(23-17)19(24)21-14-9-11-20-12-10-14/h3-6,9-13H,7-8H2,1-2H3,(H,20,21,24). The van der Waals surface area contributed by atoms with E-state index >= 15 is 0 Å². The van der Waals surface area contributed by atoms with Crippen molar-refractivity contribution in [3.05, 3.63) is 60.3 Å². The molecule has 3 rings (SSSR count). The second-order valence-corrected chi connectivity index (χ2v) is 6.13. The molecule has 0 aliphatic heterocycles. The molecule has 0 saturated heterocycles. The number of aryl methyl sites for hydroxylation is 1. The van der Waals surface area contributed by atoms with Crippen molar-refractivity contribution in [2.75, 3.05) is 5.32 Å². The number of nitrogens with zero attached hydrogens (tertiary/aromatic N) is 3. The predicted octanol–water partition coefficient (Wildman–Crippen LogP) is 3.87. The van der Waals surface area contributed by atoms with Crippen molar-refractivity contribution in [2.45, 2.75) is 26.7 Å². The third kappa shape index (κ3) is 3.74. The van der Waals surface area contributed by atoms with Gasteiger partial charge in [-0.05, 0) is 30.5 Å². The Morgan fingerprint density at radius 2 is 1.83 bits per heavy atom. The summed E-state index contributed by atoms with van der Waals surface area (Å²) >= 11 is 0. The number of fused-ring (bicyclic) bond motifs is 1. The lowest BCUT2D eigenvalue weighted by Crippen LogP contribution is -2.16. The van der Waals surface area contributed by atoms with Crippen LogP contribution in [0, 0.1) is 5.92 Å². The maximum Gasteiger partial charge on any atom is 0.275 e. The van der Waals surface area contributed by atoms with Crippen LogP contribution in [0.1, 0.15) is 36.6 Å². The number of benzene rings is 1. The molecular formula is C19H20N4O. The second-order valence-electron chi connectivity index (χ2n) is 6.13. The molecule has 0 aliphatic carbocycles. The Hall–Kier alpha value is -2.82. The van der Waals surface area contributed by atoms with Crippen molar-refractivity contribution in [1.29, 1.82) is 0 Å². The van der Waals surface area contributed by atoms with Gasteiger partial charge in [0.25, 0.3) is 5.91 Å². The summed E-state index contributed by atoms with van der Waals surface area (Å²) in [5.74, 6) is 1.04. The molecular weight excluding hydrogens is 300 g/mol. The smallest absolute Gasteiger partial charge is 0.275 e. The maximum absolute atomic E-state index is 12.7. The summed E-state index contributed by atoms with van der Waals surface area (Å²) in [6, 6.07) is 11.1. The third-order valence-corrected chi connectivity index (χ3v) is 3.75. The molecule has 3 aromatic rings. The number of aromatic nitrogens is 3. The van der Waals surface area contributed by atoms with Crippen LogP contribution in [-0.2, 0) is 6.42 Å². The van der Waals surface area contributed by atoms with E-state index in [9.17, 15) is 4.79 Å². The zero-order valence-electron chi connectivity index (χ0n) is 13.9. The minimum Gasteiger partial charge on any atom is -0.321 e. The van der Waals surface area contributed by atoms with Gasteiger partial charge < -0.3 is 5.32 Å². The Morgan fingerprint density at radius 1 is 1.08 bits per heavy atom. The normalized spacial score (nSPS) is 11.0. The monoisotopic (exact) mass is 320 g/mol. The fourth-order valence-corrected chi connectivity index (χ4v) is 2.45. The van der Waals surface area contributed by atoms with Gasteiger partial charge in [0.15, 0.2) is 0 Å². The summed E-state index contributed by atoms with van der Waals surface area (Å²) in [5.41, 5.74) is 1.91. The van der Waals surface area contributed by atoms with E-state index in [0.29, 0.717) is 23.1 Å². The summed E-state index contributed by atoms with van der Waals surface area (Å²) in [6.45, 7) is 4.33. The van der Waals surface area contributed by atoms with Gasteiger partial charge in [-0.1, -0.05) is 32.0 Å². The minimum absolute atomic E-state index is 0.231. The van der Waals surface area contributed by atoms with Crippen molar-refractivity contribution in [3.8, 4) is 0 Å². The van der Waals surface area contributed by atoms with Gasteiger partial charge in [-0.15, -0.1) is 0 Å². The van der Waals surface area contributed by atoms with Gasteiger partial charge >= 0.3 is 0 Å². The largest absolute Gasteiger partial charge is 0.321 e. The Labute approximate surface area is 141 Å². The van der Waals surface area contributed by atoms with E-state index < -0.39 is 0 Å². The molecule has 0 bridgehead atoms. The van der Waals surface area contributed by atoms with Crippen LogP contribution >= 0.6 is 0 Å². The summed E-state index contributed by atoms with van der Waals surface area (Å²) < 4.78 is 0. The van der Waals surface area contributed by atoms with Crippen LogP contribution in [0.2, 0.25) is 0 Å². The first-order valence-corrected chi connectivity index (χ1v) is 8.10. The van der Waals surface area contributed by atoms with Gasteiger partial charge in [0.2, 0.25) is 0 Å². The molecule has 0 aliphatic rings. The summed E-state index contributed by atoms with van der Waals surface area (Å²) in [4.78, 5) is 25.8. The molecule has 5 heteroatoms. The van der Waals surface area contributed by atoms with E-state index in [4.69, 9.17) is 0 Å². The van der Waals surface area contributed by atoms with E-state index in [1.165, 1.54) is 0 Å². The quantitative estimate of drug-likeness (QED) is 0.775. The lowest BCUT2D eigenvalue weighted by atomic mass is 10.1. The summed E-state index contributed by atoms with van der Waals surface area (Å²) in [7, 11) is 0. The van der Waals surface area contributed by atoms with Crippen LogP contribution in [0.3, 0.4) is 0 Å². The lowest BCUT2D eigenvalue weighted by molar-refractivity contribution is 0.102. The van der Waals surface area contributed by atoms with E-state index in [0.717, 1.165) is 23.7 Å². The topological polar surface area (TPSA) is 67.8 Å². The second kappa shape index (κ2) is 7.17. The number of anilines is 1. The van der Waals surface area contributed by atoms with Gasteiger partial charge in [0.1, 0.15) is 11.5 Å². The molecule has 2 aromatic heterocycles. The molecule has 5 nitrogen and oxygen atoms in total. The molecule has 0 fully saturated rings. The summed E-state index contributed by atoms with van der Waals surface area (Å²) in [5, 5.41) is 3.63. The highest BCUT2D eigenvalue weighted by molar-refractivity contribution is 6.10. The molecule has 1 aromatic carbocycles. The average molecular weight is 320 g/mol. The molecule has 1 N–H and O–H groups in total. The number of hydrogen-bond acceptors (Lipinski definition) is 4. The molecule has 0 spiro atoms. The van der Waals surface area contributed by atoms with Gasteiger partial charge in [0.05, 0.1) is 5.52 Å². The van der Waals surface area contributed by atoms with Crippen molar-refractivity contribution in [3.63, 3.8) is 0 Å². The molecule has 0 radical (unpaired) electrons. The fraction of sp³-hybridized carbons (Fsp3) is 0.263. The molecule has 0 atom stereocenters. The number of carbonyl (C=O) groups excluding carboxylic acids is 1. The van der Waals surface area contributed by atoms with Crippen molar-refractivity contribution < 1.29 is 4.79 Å². The number of hydrogen-bond donors (Lipinski definition) is 1. The fourth-order valence-electron chi connectivity index (χ4n) is 2.45. The molecule has 1 amide bonds. The van der Waals surface area contributed by atoms with Gasteiger partial charge in [-0.3, -0.25) is 9.78 Å². The van der Waals surface area contributed by atoms with E-state index in [2.05, 4.69) is 34.1 Å². The van der Waals surface area contributed by atoms with E-state index in [-0.39, 0.29) is 5.91 Å². The average Bonchev–Trinajstić information content (AvgIpc) is 2.60. The zero-order valence-corrected chi connectivity index (χ0v) is 13.9. The van der Waals surface area contributed by atoms with Crippen LogP contribution in [0.25, 0.3) is 10.9 Å². The van der Waals surface area contributed by atoms with Crippen LogP contribution in [0.4, 0.5) is 5.69 Å². The Kier molecular flexibility index (Phi) is 4.79. The summed E-state index contributed by atoms with van der Waals surface area (Å²) in [6.07, 6.45) is 5.03. The number of carbonyl (C=O) groups is 1. The van der Waals surface area contributed by atoms with Crippen molar-refractivity contribution in [2.24, 2.45) is 5.92 Å². The van der Waals surface area contributed by atoms with Gasteiger partial charge in [-0.25, -0.2) is 9.97 Å². The van der Waals surface area contributed by atoms with Crippen molar-refractivity contribution in [1.82, 2.24) is 15.0 Å². The molecule has 24 heavy (non-hydrogen) atoms. The SMILES string of the molecule is CC(C)CCc1nc(C(=O)Nc2ccncc2)c2ccccc2n1. The first kappa shape index (κ1) is 16.1. The highest BCUT2D eigenvalue weighted by Crippen LogP contribution is 2.18. The number of para-hydroxylation sites is 1. The third-order valence-electron chi connectivity index (χ3n) is 3.75. The number of amides is 1. The Bertz CT molecular complexity index is 846. The molecule has 2 heterocycles.